The fourth-order valence-electron chi connectivity index (χ4n) is 2.97. The van der Waals surface area contributed by atoms with Crippen LogP contribution in [0.3, 0.4) is 0 Å². The largest absolute Gasteiger partial charge is 0.207 e. The number of fused-ring (bicyclic) bond motifs is 3. The van der Waals surface area contributed by atoms with Gasteiger partial charge in [0.15, 0.2) is 12.4 Å². The Hall–Kier alpha value is -1.37. The molecular weight excluding hydrogens is 206 g/mol. The first-order valence-electron chi connectivity index (χ1n) is 6.74. The van der Waals surface area contributed by atoms with Crippen molar-refractivity contribution in [3.05, 3.63) is 41.7 Å². The molecule has 3 rings (SSSR count). The second-order valence-electron chi connectivity index (χ2n) is 5.23. The summed E-state index contributed by atoms with van der Waals surface area (Å²) in [6, 6.07) is 6.87. The third-order valence-electron chi connectivity index (χ3n) is 3.93. The van der Waals surface area contributed by atoms with Gasteiger partial charge < -0.3 is 0 Å². The topological polar surface area (TPSA) is 3.88 Å². The van der Waals surface area contributed by atoms with E-state index in [4.69, 9.17) is 0 Å². The number of hydrogen-bond donors (Lipinski definition) is 0. The molecule has 0 spiro atoms. The fraction of sp³-hybridized carbons (Fsp3) is 0.438. The van der Waals surface area contributed by atoms with Crippen LogP contribution in [0.15, 0.2) is 30.6 Å². The Kier molecular flexibility index (Phi) is 2.84. The van der Waals surface area contributed by atoms with Crippen molar-refractivity contribution < 1.29 is 4.57 Å². The van der Waals surface area contributed by atoms with Crippen LogP contribution in [0.4, 0.5) is 0 Å². The van der Waals surface area contributed by atoms with Crippen LogP contribution in [0.1, 0.15) is 36.8 Å². The molecule has 0 saturated carbocycles. The molecule has 1 heteroatoms. The lowest BCUT2D eigenvalue weighted by atomic mass is 9.90. The molecule has 88 valence electrons. The lowest BCUT2D eigenvalue weighted by Crippen LogP contribution is -2.26. The van der Waals surface area contributed by atoms with Gasteiger partial charge in [-0.2, -0.15) is 0 Å². The van der Waals surface area contributed by atoms with Crippen molar-refractivity contribution in [2.24, 2.45) is 7.05 Å². The van der Waals surface area contributed by atoms with E-state index in [0.29, 0.717) is 0 Å². The summed E-state index contributed by atoms with van der Waals surface area (Å²) in [5, 5.41) is 2.86. The van der Waals surface area contributed by atoms with E-state index in [9.17, 15) is 0 Å². The maximum Gasteiger partial charge on any atom is 0.176 e. The summed E-state index contributed by atoms with van der Waals surface area (Å²) in [6.07, 6.45) is 12.5. The molecule has 2 aromatic rings. The number of hydrogen-bond acceptors (Lipinski definition) is 0. The van der Waals surface area contributed by atoms with Crippen LogP contribution in [0.5, 0.6) is 0 Å². The molecule has 1 aromatic heterocycles. The smallest absolute Gasteiger partial charge is 0.176 e. The summed E-state index contributed by atoms with van der Waals surface area (Å²) < 4.78 is 2.17. The molecule has 1 heterocycles. The van der Waals surface area contributed by atoms with Gasteiger partial charge in [-0.1, -0.05) is 25.0 Å². The zero-order valence-corrected chi connectivity index (χ0v) is 10.6. The van der Waals surface area contributed by atoms with E-state index in [-0.39, 0.29) is 0 Å². The van der Waals surface area contributed by atoms with E-state index in [2.05, 4.69) is 42.2 Å². The quantitative estimate of drug-likeness (QED) is 0.607. The van der Waals surface area contributed by atoms with E-state index in [1.165, 1.54) is 49.3 Å². The maximum absolute atomic E-state index is 2.35. The van der Waals surface area contributed by atoms with E-state index in [1.54, 1.807) is 11.1 Å². The average molecular weight is 226 g/mol. The molecule has 1 aromatic carbocycles. The van der Waals surface area contributed by atoms with Gasteiger partial charge in [0.2, 0.25) is 0 Å². The molecule has 17 heavy (non-hydrogen) atoms. The fourth-order valence-corrected chi connectivity index (χ4v) is 2.97. The Bertz CT molecular complexity index is 542. The number of aromatic nitrogens is 1. The Morgan fingerprint density at radius 3 is 2.65 bits per heavy atom. The highest BCUT2D eigenvalue weighted by molar-refractivity contribution is 5.85. The standard InChI is InChI=1S/C16H20N/c1-17-11-10-14-9-8-13-6-4-2-3-5-7-15(13)16(14)12-17/h8-12H,2-7H2,1H3/q+1. The van der Waals surface area contributed by atoms with Gasteiger partial charge in [0.1, 0.15) is 7.05 Å². The van der Waals surface area contributed by atoms with E-state index in [0.717, 1.165) is 0 Å². The third-order valence-corrected chi connectivity index (χ3v) is 3.93. The Morgan fingerprint density at radius 2 is 1.76 bits per heavy atom. The first-order valence-corrected chi connectivity index (χ1v) is 6.74. The predicted molar refractivity (Wildman–Crippen MR) is 71.0 cm³/mol. The highest BCUT2D eigenvalue weighted by Gasteiger charge is 2.12. The zero-order chi connectivity index (χ0) is 11.7. The van der Waals surface area contributed by atoms with Crippen molar-refractivity contribution in [3.8, 4) is 0 Å². The minimum absolute atomic E-state index is 1.26. The van der Waals surface area contributed by atoms with Crippen LogP contribution >= 0.6 is 0 Å². The first kappa shape index (κ1) is 10.8. The van der Waals surface area contributed by atoms with Crippen molar-refractivity contribution in [2.45, 2.75) is 38.5 Å². The Balaban J connectivity index is 2.20. The van der Waals surface area contributed by atoms with Crippen molar-refractivity contribution in [1.29, 1.82) is 0 Å². The van der Waals surface area contributed by atoms with Gasteiger partial charge in [-0.05, 0) is 42.2 Å². The summed E-state index contributed by atoms with van der Waals surface area (Å²) in [5.74, 6) is 0. The van der Waals surface area contributed by atoms with Gasteiger partial charge in [-0.3, -0.25) is 0 Å². The van der Waals surface area contributed by atoms with Crippen LogP contribution in [-0.4, -0.2) is 0 Å². The monoisotopic (exact) mass is 226 g/mol. The summed E-state index contributed by atoms with van der Waals surface area (Å²) in [4.78, 5) is 0. The minimum atomic E-state index is 1.26. The lowest BCUT2D eigenvalue weighted by Gasteiger charge is -2.15. The van der Waals surface area contributed by atoms with Crippen molar-refractivity contribution in [2.75, 3.05) is 0 Å². The van der Waals surface area contributed by atoms with Gasteiger partial charge in [-0.15, -0.1) is 0 Å². The number of aryl methyl sites for hydroxylation is 3. The highest BCUT2D eigenvalue weighted by atomic mass is 14.9. The second kappa shape index (κ2) is 4.48. The van der Waals surface area contributed by atoms with Crippen LogP contribution in [-0.2, 0) is 19.9 Å². The summed E-state index contributed by atoms with van der Waals surface area (Å²) in [6.45, 7) is 0. The molecule has 0 saturated heterocycles. The molecular formula is C16H20N+. The zero-order valence-electron chi connectivity index (χ0n) is 10.6. The molecule has 0 fully saturated rings. The molecule has 0 radical (unpaired) electrons. The number of benzene rings is 1. The summed E-state index contributed by atoms with van der Waals surface area (Å²) in [7, 11) is 2.11. The van der Waals surface area contributed by atoms with Gasteiger partial charge in [0, 0.05) is 11.5 Å². The first-order chi connectivity index (χ1) is 8.34. The molecule has 0 amide bonds. The SMILES string of the molecule is C[n+]1ccc2ccc3c(c2c1)CCCCCC3. The second-order valence-corrected chi connectivity index (χ2v) is 5.23. The molecule has 0 N–H and O–H groups in total. The number of rotatable bonds is 0. The van der Waals surface area contributed by atoms with Gasteiger partial charge >= 0.3 is 0 Å². The van der Waals surface area contributed by atoms with Crippen LogP contribution in [0.25, 0.3) is 10.8 Å². The Morgan fingerprint density at radius 1 is 0.941 bits per heavy atom. The molecule has 0 atom stereocenters. The average Bonchev–Trinajstić information content (AvgIpc) is 2.29. The maximum atomic E-state index is 2.35. The van der Waals surface area contributed by atoms with Crippen molar-refractivity contribution in [1.82, 2.24) is 0 Å². The van der Waals surface area contributed by atoms with E-state index in [1.807, 2.05) is 0 Å². The van der Waals surface area contributed by atoms with Gasteiger partial charge in [0.25, 0.3) is 0 Å². The molecule has 0 aliphatic heterocycles. The predicted octanol–water partition coefficient (Wildman–Crippen LogP) is 3.32. The molecule has 1 aliphatic carbocycles. The Labute approximate surface area is 103 Å². The van der Waals surface area contributed by atoms with Crippen LogP contribution < -0.4 is 4.57 Å². The van der Waals surface area contributed by atoms with Crippen molar-refractivity contribution in [3.63, 3.8) is 0 Å². The van der Waals surface area contributed by atoms with Crippen LogP contribution in [0, 0.1) is 0 Å². The van der Waals surface area contributed by atoms with Gasteiger partial charge in [-0.25, -0.2) is 4.57 Å². The van der Waals surface area contributed by atoms with E-state index >= 15 is 0 Å². The summed E-state index contributed by atoms with van der Waals surface area (Å²) in [5.41, 5.74) is 3.20. The van der Waals surface area contributed by atoms with Gasteiger partial charge in [0.05, 0.1) is 0 Å². The van der Waals surface area contributed by atoms with Crippen molar-refractivity contribution >= 4 is 10.8 Å². The molecule has 0 unspecified atom stereocenters. The normalized spacial score (nSPS) is 16.3. The van der Waals surface area contributed by atoms with Crippen LogP contribution in [0.2, 0.25) is 0 Å². The summed E-state index contributed by atoms with van der Waals surface area (Å²) >= 11 is 0. The molecule has 1 nitrogen and oxygen atoms in total. The molecule has 0 bridgehead atoms. The number of nitrogens with zero attached hydrogens (tertiary/aromatic N) is 1. The third kappa shape index (κ3) is 2.06. The minimum Gasteiger partial charge on any atom is -0.207 e. The van der Waals surface area contributed by atoms with E-state index < -0.39 is 0 Å². The molecule has 1 aliphatic rings. The highest BCUT2D eigenvalue weighted by Crippen LogP contribution is 2.26. The number of pyridine rings is 1. The lowest BCUT2D eigenvalue weighted by molar-refractivity contribution is -0.670.